The normalized spacial score (nSPS) is 28.9. The van der Waals surface area contributed by atoms with Crippen LogP contribution in [0.1, 0.15) is 153 Å². The van der Waals surface area contributed by atoms with Gasteiger partial charge in [-0.1, -0.05) is 122 Å². The molecule has 7 heteroatoms. The molecule has 0 saturated heterocycles. The topological polar surface area (TPSA) is 26.3 Å². The standard InChI is InChI=1S/C15H28OP2.C15H22O.C15H24.FH3P2/c1-13(2)7-5-8-14(3)9-6-10-15(4)11-12-16-18-17;1-10(2)12-5-6-13-8-14(16)7-11(3)15(13,4)9-12;1-11(2)13-8-9-14-7-5-6-12(3)15(14,4)10-13;1-3-2/h7,9,11,18H,5-6,8,10,12,17H2,1-4H3;8,11-12H,1,5-7,9H2,2-4H3;7,12-13H,1,5-6,8-10H2,2-4H3;3H,2H2/b14-9+,15-11+;;;/t;11-,12-,15+;12-,13-,15+;/m.11./s1. The SMILES string of the molecule is C=C(C)[C@@H]1CCC2=CC(=O)C[C@@H](C)[C@]2(C)C1.C=C(C)[C@@H]1CCC2=CCC[C@@H](C)[C@]2(C)C1.CC(C)=CCC/C(C)=C/CC/C(C)=C/COPP.FPP. The maximum Gasteiger partial charge on any atom is 0.155 e. The minimum Gasteiger partial charge on any atom is -0.354 e. The monoisotopic (exact) mass is 792 g/mol. The predicted octanol–water partition coefficient (Wildman–Crippen LogP) is 15.8. The number of hydrogen-bond donors (Lipinski definition) is 0. The van der Waals surface area contributed by atoms with Crippen molar-refractivity contribution in [3.63, 3.8) is 0 Å². The van der Waals surface area contributed by atoms with Crippen molar-refractivity contribution in [3.8, 4) is 0 Å². The lowest BCUT2D eigenvalue weighted by atomic mass is 9.57. The number of fused-ring (bicyclic) bond motifs is 2. The second-order valence-electron chi connectivity index (χ2n) is 16.9. The number of ketones is 1. The third-order valence-corrected chi connectivity index (χ3v) is 13.3. The summed E-state index contributed by atoms with van der Waals surface area (Å²) < 4.78 is 15.6. The Morgan fingerprint density at radius 3 is 1.87 bits per heavy atom. The predicted molar refractivity (Wildman–Crippen MR) is 242 cm³/mol. The summed E-state index contributed by atoms with van der Waals surface area (Å²) in [5.74, 6) is 3.10. The summed E-state index contributed by atoms with van der Waals surface area (Å²) in [7, 11) is 4.54. The van der Waals surface area contributed by atoms with E-state index in [1.54, 1.807) is 5.57 Å². The van der Waals surface area contributed by atoms with E-state index in [1.165, 1.54) is 91.2 Å². The van der Waals surface area contributed by atoms with E-state index in [-0.39, 0.29) is 5.41 Å². The van der Waals surface area contributed by atoms with Crippen LogP contribution in [0.15, 0.2) is 82.5 Å². The average molecular weight is 793 g/mol. The van der Waals surface area contributed by atoms with Crippen molar-refractivity contribution in [1.29, 1.82) is 0 Å². The third kappa shape index (κ3) is 17.1. The van der Waals surface area contributed by atoms with Crippen LogP contribution in [0.2, 0.25) is 0 Å². The lowest BCUT2D eigenvalue weighted by Gasteiger charge is -2.47. The number of rotatable bonds is 11. The number of carbonyl (C=O) groups excluding carboxylic acids is 1. The van der Waals surface area contributed by atoms with E-state index >= 15 is 0 Å². The first kappa shape index (κ1) is 49.5. The van der Waals surface area contributed by atoms with Crippen molar-refractivity contribution in [3.05, 3.63) is 82.5 Å². The highest BCUT2D eigenvalue weighted by Gasteiger charge is 2.43. The van der Waals surface area contributed by atoms with Gasteiger partial charge in [-0.2, -0.15) is 0 Å². The summed E-state index contributed by atoms with van der Waals surface area (Å²) in [6, 6.07) is 0. The molecule has 2 saturated carbocycles. The van der Waals surface area contributed by atoms with Crippen LogP contribution >= 0.6 is 34.9 Å². The lowest BCUT2D eigenvalue weighted by Crippen LogP contribution is -2.38. The van der Waals surface area contributed by atoms with E-state index < -0.39 is 8.58 Å². The Hall–Kier alpha value is -0.540. The van der Waals surface area contributed by atoms with Gasteiger partial charge < -0.3 is 4.52 Å². The van der Waals surface area contributed by atoms with Gasteiger partial charge in [0.1, 0.15) is 0 Å². The van der Waals surface area contributed by atoms with Gasteiger partial charge in [-0.15, -0.1) is 0 Å². The molecule has 0 spiro atoms. The summed E-state index contributed by atoms with van der Waals surface area (Å²) in [5.41, 5.74) is 10.9. The molecular formula is C45H77FO2P4. The molecule has 0 aromatic heterocycles. The second-order valence-corrected chi connectivity index (χ2v) is 19.0. The summed E-state index contributed by atoms with van der Waals surface area (Å²) in [4.78, 5) is 11.6. The molecule has 4 aliphatic carbocycles. The number of halogens is 1. The zero-order valence-electron chi connectivity index (χ0n) is 34.9. The summed E-state index contributed by atoms with van der Waals surface area (Å²) in [6.07, 6.45) is 26.8. The first-order chi connectivity index (χ1) is 24.4. The molecule has 2 nitrogen and oxygen atoms in total. The molecule has 10 atom stereocenters. The highest BCUT2D eigenvalue weighted by Crippen LogP contribution is 2.54. The van der Waals surface area contributed by atoms with Gasteiger partial charge in [-0.05, 0) is 159 Å². The van der Waals surface area contributed by atoms with Gasteiger partial charge in [0.2, 0.25) is 0 Å². The van der Waals surface area contributed by atoms with Crippen LogP contribution in [0.3, 0.4) is 0 Å². The minimum absolute atomic E-state index is 0.246. The molecule has 4 unspecified atom stereocenters. The van der Waals surface area contributed by atoms with Gasteiger partial charge in [-0.3, -0.25) is 4.79 Å². The molecule has 0 aromatic rings. The zero-order valence-corrected chi connectivity index (χ0v) is 39.2. The Morgan fingerprint density at radius 1 is 0.846 bits per heavy atom. The van der Waals surface area contributed by atoms with Gasteiger partial charge >= 0.3 is 0 Å². The second kappa shape index (κ2) is 25.6. The Kier molecular flexibility index (Phi) is 24.3. The van der Waals surface area contributed by atoms with Crippen LogP contribution in [0.5, 0.6) is 0 Å². The van der Waals surface area contributed by atoms with Gasteiger partial charge in [0, 0.05) is 14.9 Å². The zero-order chi connectivity index (χ0) is 39.5. The molecule has 0 radical (unpaired) electrons. The Bertz CT molecular complexity index is 1310. The minimum atomic E-state index is -0.500. The van der Waals surface area contributed by atoms with Gasteiger partial charge in [0.25, 0.3) is 0 Å². The Labute approximate surface area is 329 Å². The largest absolute Gasteiger partial charge is 0.354 e. The first-order valence-corrected chi connectivity index (χ1v) is 25.2. The van der Waals surface area contributed by atoms with Crippen molar-refractivity contribution >= 4 is 40.7 Å². The van der Waals surface area contributed by atoms with Crippen LogP contribution in [0, 0.1) is 34.5 Å². The molecule has 4 aliphatic rings. The highest BCUT2D eigenvalue weighted by molar-refractivity contribution is 8.00. The number of hydrogen-bond acceptors (Lipinski definition) is 2. The van der Waals surface area contributed by atoms with Crippen molar-refractivity contribution in [1.82, 2.24) is 0 Å². The van der Waals surface area contributed by atoms with E-state index in [4.69, 9.17) is 4.52 Å². The fraction of sp³-hybridized carbons (Fsp3) is 0.667. The maximum absolute atomic E-state index is 11.6. The maximum atomic E-state index is 11.6. The smallest absolute Gasteiger partial charge is 0.155 e. The fourth-order valence-corrected chi connectivity index (χ4v) is 8.82. The molecule has 0 heterocycles. The number of allylic oxidation sites excluding steroid dienone is 11. The van der Waals surface area contributed by atoms with Crippen LogP contribution in [-0.2, 0) is 9.32 Å². The third-order valence-electron chi connectivity index (χ3n) is 12.5. The van der Waals surface area contributed by atoms with Crippen LogP contribution < -0.4 is 0 Å². The van der Waals surface area contributed by atoms with E-state index in [1.807, 2.05) is 15.0 Å². The van der Waals surface area contributed by atoms with Crippen molar-refractivity contribution in [2.75, 3.05) is 6.61 Å². The summed E-state index contributed by atoms with van der Waals surface area (Å²) in [5, 5.41) is 0. The van der Waals surface area contributed by atoms with E-state index in [0.717, 1.165) is 44.1 Å². The molecule has 0 aromatic carbocycles. The van der Waals surface area contributed by atoms with E-state index in [9.17, 15) is 8.99 Å². The average Bonchev–Trinajstić information content (AvgIpc) is 3.06. The van der Waals surface area contributed by atoms with Crippen molar-refractivity contribution < 1.29 is 13.5 Å². The molecule has 0 N–H and O–H groups in total. The van der Waals surface area contributed by atoms with E-state index in [2.05, 4.69) is 116 Å². The van der Waals surface area contributed by atoms with Crippen LogP contribution in [-0.4, -0.2) is 12.4 Å². The molecule has 4 rings (SSSR count). The summed E-state index contributed by atoms with van der Waals surface area (Å²) >= 11 is 0. The van der Waals surface area contributed by atoms with Crippen molar-refractivity contribution in [2.45, 2.75) is 153 Å². The molecule has 0 bridgehead atoms. The summed E-state index contributed by atoms with van der Waals surface area (Å²) in [6.45, 7) is 31.6. The molecular weight excluding hydrogens is 715 g/mol. The quantitative estimate of drug-likeness (QED) is 0.118. The molecule has 52 heavy (non-hydrogen) atoms. The number of carbonyl (C=O) groups is 1. The van der Waals surface area contributed by atoms with Crippen LogP contribution in [0.25, 0.3) is 0 Å². The lowest BCUT2D eigenvalue weighted by molar-refractivity contribution is -0.117. The van der Waals surface area contributed by atoms with Gasteiger partial charge in [0.15, 0.2) is 5.78 Å². The highest BCUT2D eigenvalue weighted by atomic mass is 32.0. The van der Waals surface area contributed by atoms with Gasteiger partial charge in [0.05, 0.1) is 15.2 Å². The van der Waals surface area contributed by atoms with Crippen molar-refractivity contribution in [2.24, 2.45) is 34.5 Å². The molecule has 0 aliphatic heterocycles. The van der Waals surface area contributed by atoms with E-state index in [0.29, 0.717) is 31.5 Å². The fourth-order valence-electron chi connectivity index (χ4n) is 8.35. The molecule has 296 valence electrons. The Morgan fingerprint density at radius 2 is 1.35 bits per heavy atom. The molecule has 0 amide bonds. The Balaban J connectivity index is 0.000000376. The molecule has 2 fully saturated rings. The first-order valence-electron chi connectivity index (χ1n) is 19.8. The van der Waals surface area contributed by atoms with Gasteiger partial charge in [-0.25, -0.2) is 4.20 Å². The van der Waals surface area contributed by atoms with Crippen LogP contribution in [0.4, 0.5) is 4.20 Å².